The average Bonchev–Trinajstić information content (AvgIpc) is 2.95. The summed E-state index contributed by atoms with van der Waals surface area (Å²) in [5.41, 5.74) is 1.59. The molecule has 9 heteroatoms. The predicted octanol–water partition coefficient (Wildman–Crippen LogP) is 4.82. The van der Waals surface area contributed by atoms with Gasteiger partial charge in [-0.05, 0) is 46.6 Å². The van der Waals surface area contributed by atoms with Gasteiger partial charge in [-0.25, -0.2) is 0 Å². The van der Waals surface area contributed by atoms with E-state index < -0.39 is 10.8 Å². The molecule has 1 heterocycles. The number of carbonyl (C=O) groups is 1. The van der Waals surface area contributed by atoms with Crippen molar-refractivity contribution in [1.82, 2.24) is 9.78 Å². The van der Waals surface area contributed by atoms with Gasteiger partial charge in [0, 0.05) is 28.4 Å². The van der Waals surface area contributed by atoms with Crippen LogP contribution in [0.3, 0.4) is 0 Å². The Bertz CT molecular complexity index is 1040. The molecule has 3 aromatic rings. The Labute approximate surface area is 168 Å². The van der Waals surface area contributed by atoms with Crippen LogP contribution in [-0.2, 0) is 6.54 Å². The van der Waals surface area contributed by atoms with Gasteiger partial charge in [0.25, 0.3) is 11.6 Å². The molecule has 0 bridgehead atoms. The van der Waals surface area contributed by atoms with Crippen LogP contribution in [0.4, 0.5) is 11.5 Å². The predicted molar refractivity (Wildman–Crippen MR) is 106 cm³/mol. The van der Waals surface area contributed by atoms with E-state index in [1.54, 1.807) is 23.9 Å². The van der Waals surface area contributed by atoms with E-state index in [2.05, 4.69) is 26.3 Å². The molecule has 0 atom stereocenters. The Balaban J connectivity index is 1.77. The molecule has 2 aromatic carbocycles. The lowest BCUT2D eigenvalue weighted by Crippen LogP contribution is -2.13. The second-order valence-electron chi connectivity index (χ2n) is 5.83. The Hall–Kier alpha value is -2.71. The molecule has 0 aliphatic heterocycles. The Morgan fingerprint density at radius 3 is 2.74 bits per heavy atom. The van der Waals surface area contributed by atoms with Crippen LogP contribution in [0.15, 0.2) is 53.1 Å². The van der Waals surface area contributed by atoms with Gasteiger partial charge in [0.05, 0.1) is 15.9 Å². The van der Waals surface area contributed by atoms with Crippen LogP contribution in [0.1, 0.15) is 21.5 Å². The molecule has 27 heavy (non-hydrogen) atoms. The molecule has 3 rings (SSSR count). The summed E-state index contributed by atoms with van der Waals surface area (Å²) < 4.78 is 2.27. The van der Waals surface area contributed by atoms with Crippen LogP contribution in [0.5, 0.6) is 0 Å². The number of halogens is 2. The van der Waals surface area contributed by atoms with E-state index in [4.69, 9.17) is 11.6 Å². The van der Waals surface area contributed by atoms with Crippen molar-refractivity contribution >= 4 is 44.9 Å². The summed E-state index contributed by atoms with van der Waals surface area (Å²) in [6, 6.07) is 11.6. The third kappa shape index (κ3) is 4.35. The summed E-state index contributed by atoms with van der Waals surface area (Å²) in [6.07, 6.45) is 1.74. The molecular formula is C18H14BrClN4O3. The van der Waals surface area contributed by atoms with Gasteiger partial charge in [-0.3, -0.25) is 19.6 Å². The van der Waals surface area contributed by atoms with Gasteiger partial charge in [0.2, 0.25) is 0 Å². The minimum Gasteiger partial charge on any atom is -0.304 e. The van der Waals surface area contributed by atoms with Crippen molar-refractivity contribution < 1.29 is 9.72 Å². The number of benzene rings is 2. The number of nitro benzene ring substituents is 1. The zero-order valence-electron chi connectivity index (χ0n) is 14.1. The smallest absolute Gasteiger partial charge is 0.272 e. The minimum atomic E-state index is -0.482. The second-order valence-corrected chi connectivity index (χ2v) is 7.09. The molecule has 1 N–H and O–H groups in total. The minimum absolute atomic E-state index is 0.0308. The number of aryl methyl sites for hydroxylation is 1. The molecule has 0 saturated heterocycles. The molecule has 1 aromatic heterocycles. The second kappa shape index (κ2) is 7.89. The van der Waals surface area contributed by atoms with Crippen LogP contribution < -0.4 is 5.32 Å². The SMILES string of the molecule is Cc1cc(C(=O)Nc2nn(Cc3ccccc3Cl)cc2Br)ccc1[N+](=O)[O-]. The van der Waals surface area contributed by atoms with Gasteiger partial charge in [-0.1, -0.05) is 29.8 Å². The molecule has 0 spiro atoms. The van der Waals surface area contributed by atoms with Gasteiger partial charge in [-0.2, -0.15) is 5.10 Å². The number of nitro groups is 1. The number of nitrogens with one attached hydrogen (secondary N) is 1. The lowest BCUT2D eigenvalue weighted by Gasteiger charge is -2.05. The lowest BCUT2D eigenvalue weighted by atomic mass is 10.1. The van der Waals surface area contributed by atoms with E-state index in [1.165, 1.54) is 18.2 Å². The average molecular weight is 450 g/mol. The monoisotopic (exact) mass is 448 g/mol. The van der Waals surface area contributed by atoms with Crippen molar-refractivity contribution in [2.45, 2.75) is 13.5 Å². The number of nitrogens with zero attached hydrogens (tertiary/aromatic N) is 3. The first-order valence-electron chi connectivity index (χ1n) is 7.88. The van der Waals surface area contributed by atoms with Crippen molar-refractivity contribution in [2.24, 2.45) is 0 Å². The van der Waals surface area contributed by atoms with Crippen LogP contribution in [0.2, 0.25) is 5.02 Å². The maximum absolute atomic E-state index is 12.4. The number of amides is 1. The molecule has 0 saturated carbocycles. The maximum Gasteiger partial charge on any atom is 0.272 e. The van der Waals surface area contributed by atoms with Crippen LogP contribution in [0.25, 0.3) is 0 Å². The Morgan fingerprint density at radius 2 is 2.07 bits per heavy atom. The number of hydrogen-bond acceptors (Lipinski definition) is 4. The van der Waals surface area contributed by atoms with Crippen molar-refractivity contribution in [3.8, 4) is 0 Å². The normalized spacial score (nSPS) is 10.6. The number of rotatable bonds is 5. The van der Waals surface area contributed by atoms with E-state index in [0.29, 0.717) is 33.0 Å². The zero-order chi connectivity index (χ0) is 19.6. The molecule has 1 amide bonds. The summed E-state index contributed by atoms with van der Waals surface area (Å²) >= 11 is 9.54. The van der Waals surface area contributed by atoms with E-state index in [0.717, 1.165) is 5.56 Å². The molecule has 0 fully saturated rings. The first-order chi connectivity index (χ1) is 12.8. The molecule has 138 valence electrons. The van der Waals surface area contributed by atoms with E-state index in [-0.39, 0.29) is 5.69 Å². The highest BCUT2D eigenvalue weighted by molar-refractivity contribution is 9.10. The fourth-order valence-corrected chi connectivity index (χ4v) is 3.16. The molecular weight excluding hydrogens is 436 g/mol. The lowest BCUT2D eigenvalue weighted by molar-refractivity contribution is -0.385. The standard InChI is InChI=1S/C18H14BrClN4O3/c1-11-8-12(6-7-16(11)24(26)27)18(25)21-17-14(19)10-23(22-17)9-13-4-2-3-5-15(13)20/h2-8,10H,9H2,1H3,(H,21,22,25). The maximum atomic E-state index is 12.4. The number of anilines is 1. The third-order valence-electron chi connectivity index (χ3n) is 3.89. The summed E-state index contributed by atoms with van der Waals surface area (Å²) in [5, 5.41) is 18.6. The molecule has 0 radical (unpaired) electrons. The van der Waals surface area contributed by atoms with E-state index >= 15 is 0 Å². The largest absolute Gasteiger partial charge is 0.304 e. The van der Waals surface area contributed by atoms with E-state index in [1.807, 2.05) is 18.2 Å². The summed E-state index contributed by atoms with van der Waals surface area (Å²) in [7, 11) is 0. The molecule has 7 nitrogen and oxygen atoms in total. The summed E-state index contributed by atoms with van der Waals surface area (Å²) in [5.74, 6) is -0.0558. The number of aromatic nitrogens is 2. The van der Waals surface area contributed by atoms with Crippen LogP contribution in [0, 0.1) is 17.0 Å². The van der Waals surface area contributed by atoms with Gasteiger partial charge in [0.1, 0.15) is 0 Å². The number of hydrogen-bond donors (Lipinski definition) is 1. The van der Waals surface area contributed by atoms with Gasteiger partial charge >= 0.3 is 0 Å². The topological polar surface area (TPSA) is 90.1 Å². The van der Waals surface area contributed by atoms with Crippen LogP contribution in [-0.4, -0.2) is 20.6 Å². The van der Waals surface area contributed by atoms with Gasteiger partial charge < -0.3 is 5.32 Å². The first-order valence-corrected chi connectivity index (χ1v) is 9.05. The third-order valence-corrected chi connectivity index (χ3v) is 4.84. The van der Waals surface area contributed by atoms with Gasteiger partial charge in [0.15, 0.2) is 5.82 Å². The van der Waals surface area contributed by atoms with Gasteiger partial charge in [-0.15, -0.1) is 0 Å². The van der Waals surface area contributed by atoms with Crippen molar-refractivity contribution in [2.75, 3.05) is 5.32 Å². The highest BCUT2D eigenvalue weighted by Gasteiger charge is 2.16. The zero-order valence-corrected chi connectivity index (χ0v) is 16.5. The van der Waals surface area contributed by atoms with Crippen molar-refractivity contribution in [3.05, 3.63) is 85.0 Å². The van der Waals surface area contributed by atoms with Crippen LogP contribution >= 0.6 is 27.5 Å². The Morgan fingerprint density at radius 1 is 1.33 bits per heavy atom. The molecule has 0 aliphatic rings. The first kappa shape index (κ1) is 19.1. The number of carbonyl (C=O) groups excluding carboxylic acids is 1. The fraction of sp³-hybridized carbons (Fsp3) is 0.111. The molecule has 0 unspecified atom stereocenters. The highest BCUT2D eigenvalue weighted by atomic mass is 79.9. The quantitative estimate of drug-likeness (QED) is 0.447. The molecule has 0 aliphatic carbocycles. The summed E-state index contributed by atoms with van der Waals surface area (Å²) in [4.78, 5) is 22.9. The van der Waals surface area contributed by atoms with E-state index in [9.17, 15) is 14.9 Å². The fourth-order valence-electron chi connectivity index (χ4n) is 2.55. The van der Waals surface area contributed by atoms with Crippen molar-refractivity contribution in [3.63, 3.8) is 0 Å². The van der Waals surface area contributed by atoms with Crippen molar-refractivity contribution in [1.29, 1.82) is 0 Å². The Kier molecular flexibility index (Phi) is 5.57. The summed E-state index contributed by atoms with van der Waals surface area (Å²) in [6.45, 7) is 2.04. The highest BCUT2D eigenvalue weighted by Crippen LogP contribution is 2.24.